The standard InChI is InChI=1S/2C22H40N2O2.Ba/c2*1-10-13-19(4,5)16-17(20(6,7)14-11-2)24-22(23-16,18(25)26)21(8,9)15-12-3;/h2*10-15H2,1-9H3,(H,25,26);/q;;+2/p-2. The monoisotopic (exact) mass is 865 g/mol. The van der Waals surface area contributed by atoms with Crippen LogP contribution in [0.1, 0.15) is 202 Å². The minimum Gasteiger partial charge on any atom is -0.545 e. The SMILES string of the molecule is CCCC(C)(C)C1=NC(C(=O)[O-])(C(C)(C)CCC)N=C1C(C)(C)CCC.CCCC(C)(C)C1=NC(C(=O)[O-])(C(C)(C)CCC)N=C1C(C)(C)CCC.[Ba+2]. The van der Waals surface area contributed by atoms with Crippen LogP contribution in [-0.2, 0) is 9.59 Å². The van der Waals surface area contributed by atoms with Crippen LogP contribution in [0.15, 0.2) is 20.0 Å². The van der Waals surface area contributed by atoms with E-state index in [1.165, 1.54) is 0 Å². The minimum atomic E-state index is -1.52. The number of nitrogens with zero attached hydrogens (tertiary/aromatic N) is 4. The summed E-state index contributed by atoms with van der Waals surface area (Å²) in [6, 6.07) is 0. The molecule has 0 aromatic rings. The van der Waals surface area contributed by atoms with Crippen LogP contribution in [-0.4, -0.2) is 95.0 Å². The van der Waals surface area contributed by atoms with E-state index in [1.54, 1.807) is 0 Å². The zero-order valence-electron chi connectivity index (χ0n) is 37.6. The topological polar surface area (TPSA) is 130 Å². The molecule has 0 bridgehead atoms. The van der Waals surface area contributed by atoms with Crippen molar-refractivity contribution in [1.82, 2.24) is 0 Å². The molecule has 0 fully saturated rings. The maximum atomic E-state index is 12.4. The molecule has 8 nitrogen and oxygen atoms in total. The Balaban J connectivity index is 0.00000100. The average molecular weight is 864 g/mol. The van der Waals surface area contributed by atoms with E-state index in [-0.39, 0.29) is 70.5 Å². The maximum Gasteiger partial charge on any atom is 2.00 e. The van der Waals surface area contributed by atoms with E-state index in [0.717, 1.165) is 99.9 Å². The summed E-state index contributed by atoms with van der Waals surface area (Å²) in [5.41, 5.74) is -1.62. The van der Waals surface area contributed by atoms with E-state index >= 15 is 0 Å². The third-order valence-electron chi connectivity index (χ3n) is 11.8. The fraction of sp³-hybridized carbons (Fsp3) is 0.864. The molecule has 0 atom stereocenters. The molecule has 0 saturated heterocycles. The van der Waals surface area contributed by atoms with Gasteiger partial charge in [0.15, 0.2) is 11.3 Å². The Kier molecular flexibility index (Phi) is 19.3. The summed E-state index contributed by atoms with van der Waals surface area (Å²) in [6.45, 7) is 37.8. The van der Waals surface area contributed by atoms with Crippen molar-refractivity contribution in [3.05, 3.63) is 0 Å². The van der Waals surface area contributed by atoms with Crippen LogP contribution in [0.5, 0.6) is 0 Å². The Morgan fingerprint density at radius 1 is 0.415 bits per heavy atom. The molecule has 0 saturated carbocycles. The second kappa shape index (κ2) is 19.6. The summed E-state index contributed by atoms with van der Waals surface area (Å²) in [4.78, 5) is 44.3. The van der Waals surface area contributed by atoms with Crippen molar-refractivity contribution in [2.45, 2.75) is 213 Å². The van der Waals surface area contributed by atoms with E-state index < -0.39 is 34.1 Å². The number of carbonyl (C=O) groups is 2. The van der Waals surface area contributed by atoms with Crippen molar-refractivity contribution in [2.24, 2.45) is 52.5 Å². The van der Waals surface area contributed by atoms with E-state index in [0.29, 0.717) is 0 Å². The van der Waals surface area contributed by atoms with Crippen molar-refractivity contribution in [2.75, 3.05) is 0 Å². The molecule has 2 aliphatic heterocycles. The maximum absolute atomic E-state index is 12.4. The van der Waals surface area contributed by atoms with Crippen molar-refractivity contribution in [1.29, 1.82) is 0 Å². The molecule has 0 amide bonds. The van der Waals surface area contributed by atoms with Crippen LogP contribution >= 0.6 is 0 Å². The molecule has 2 heterocycles. The van der Waals surface area contributed by atoms with Gasteiger partial charge < -0.3 is 19.8 Å². The first-order valence-corrected chi connectivity index (χ1v) is 20.5. The smallest absolute Gasteiger partial charge is 0.545 e. The zero-order chi connectivity index (χ0) is 40.8. The molecule has 0 aliphatic carbocycles. The minimum absolute atomic E-state index is 0. The van der Waals surface area contributed by atoms with Gasteiger partial charge in [-0.2, -0.15) is 0 Å². The summed E-state index contributed by atoms with van der Waals surface area (Å²) in [5.74, 6) is -2.36. The molecule has 0 aromatic heterocycles. The third kappa shape index (κ3) is 11.2. The molecule has 0 N–H and O–H groups in total. The predicted octanol–water partition coefficient (Wildman–Crippen LogP) is 9.23. The molecular weight excluding hydrogens is 786 g/mol. The van der Waals surface area contributed by atoms with Crippen LogP contribution in [0.2, 0.25) is 0 Å². The zero-order valence-corrected chi connectivity index (χ0v) is 42.1. The number of hydrogen-bond donors (Lipinski definition) is 0. The van der Waals surface area contributed by atoms with E-state index in [4.69, 9.17) is 20.0 Å². The quantitative estimate of drug-likeness (QED) is 0.113. The molecule has 53 heavy (non-hydrogen) atoms. The van der Waals surface area contributed by atoms with E-state index in [2.05, 4.69) is 96.9 Å². The fourth-order valence-corrected chi connectivity index (χ4v) is 8.71. The molecule has 0 unspecified atom stereocenters. The van der Waals surface area contributed by atoms with Gasteiger partial charge >= 0.3 is 48.9 Å². The van der Waals surface area contributed by atoms with E-state index in [1.807, 2.05) is 27.7 Å². The van der Waals surface area contributed by atoms with Gasteiger partial charge in [0.25, 0.3) is 0 Å². The van der Waals surface area contributed by atoms with Gasteiger partial charge in [-0.15, -0.1) is 0 Å². The Bertz CT molecular complexity index is 1210. The Morgan fingerprint density at radius 3 is 0.717 bits per heavy atom. The normalized spacial score (nSPS) is 17.5. The number of rotatable bonds is 20. The molecule has 2 rings (SSSR count). The van der Waals surface area contributed by atoms with E-state index in [9.17, 15) is 19.8 Å². The molecular formula is C44H78BaN4O4. The van der Waals surface area contributed by atoms with Crippen LogP contribution in [0, 0.1) is 32.5 Å². The van der Waals surface area contributed by atoms with Crippen molar-refractivity contribution >= 4 is 83.7 Å². The molecule has 300 valence electrons. The van der Waals surface area contributed by atoms with Gasteiger partial charge in [-0.05, 0) is 38.5 Å². The van der Waals surface area contributed by atoms with Gasteiger partial charge in [0, 0.05) is 32.5 Å². The van der Waals surface area contributed by atoms with Crippen LogP contribution < -0.4 is 10.2 Å². The van der Waals surface area contributed by atoms with Crippen molar-refractivity contribution in [3.63, 3.8) is 0 Å². The van der Waals surface area contributed by atoms with Crippen LogP contribution in [0.3, 0.4) is 0 Å². The molecule has 9 heteroatoms. The summed E-state index contributed by atoms with van der Waals surface area (Å²) < 4.78 is 0. The van der Waals surface area contributed by atoms with Crippen LogP contribution in [0.25, 0.3) is 0 Å². The van der Waals surface area contributed by atoms with Gasteiger partial charge in [-0.25, -0.2) is 0 Å². The summed E-state index contributed by atoms with van der Waals surface area (Å²) >= 11 is 0. The number of carboxylic acids is 2. The molecule has 0 radical (unpaired) electrons. The first-order chi connectivity index (χ1) is 23.6. The number of aliphatic carboxylic acids is 2. The second-order valence-corrected chi connectivity index (χ2v) is 19.6. The summed E-state index contributed by atoms with van der Waals surface area (Å²) in [5, 5.41) is 24.8. The van der Waals surface area contributed by atoms with Gasteiger partial charge in [0.2, 0.25) is 0 Å². The van der Waals surface area contributed by atoms with Crippen molar-refractivity contribution < 1.29 is 19.8 Å². The summed E-state index contributed by atoms with van der Waals surface area (Å²) in [6.07, 6.45) is 11.1. The Morgan fingerprint density at radius 2 is 0.585 bits per heavy atom. The molecule has 0 spiro atoms. The van der Waals surface area contributed by atoms with Gasteiger partial charge in [0.1, 0.15) is 0 Å². The predicted molar refractivity (Wildman–Crippen MR) is 223 cm³/mol. The largest absolute Gasteiger partial charge is 2.00 e. The number of carbonyl (C=O) groups excluding carboxylic acids is 2. The third-order valence-corrected chi connectivity index (χ3v) is 11.8. The second-order valence-electron chi connectivity index (χ2n) is 19.6. The number of hydrogen-bond acceptors (Lipinski definition) is 8. The first-order valence-electron chi connectivity index (χ1n) is 20.5. The van der Waals surface area contributed by atoms with Crippen molar-refractivity contribution in [3.8, 4) is 0 Å². The Hall–Kier alpha value is -0.809. The average Bonchev–Trinajstić information content (AvgIpc) is 3.63. The summed E-state index contributed by atoms with van der Waals surface area (Å²) in [7, 11) is 0. The van der Waals surface area contributed by atoms with Crippen LogP contribution in [0.4, 0.5) is 0 Å². The van der Waals surface area contributed by atoms with Gasteiger partial charge in [-0.3, -0.25) is 20.0 Å². The Labute approximate surface area is 365 Å². The molecule has 0 aromatic carbocycles. The first kappa shape index (κ1) is 52.2. The number of aliphatic imine (C=N–C) groups is 4. The number of carboxylic acid groups (broad SMARTS) is 2. The van der Waals surface area contributed by atoms with Gasteiger partial charge in [-0.1, -0.05) is 163 Å². The molecule has 2 aliphatic rings. The fourth-order valence-electron chi connectivity index (χ4n) is 8.71. The van der Waals surface area contributed by atoms with Gasteiger partial charge in [0.05, 0.1) is 34.8 Å².